The minimum Gasteiger partial charge on any atom is -0.497 e. The Labute approximate surface area is 145 Å². The predicted octanol–water partition coefficient (Wildman–Crippen LogP) is 3.12. The maximum atomic E-state index is 12.3. The maximum Gasteiger partial charge on any atom is 0.274 e. The number of anilines is 2. The second-order valence-corrected chi connectivity index (χ2v) is 5.98. The van der Waals surface area contributed by atoms with Crippen molar-refractivity contribution >= 4 is 11.6 Å². The van der Waals surface area contributed by atoms with E-state index in [-0.39, 0.29) is 5.56 Å². The van der Waals surface area contributed by atoms with Crippen molar-refractivity contribution in [3.05, 3.63) is 75.2 Å². The molecular formula is C19H20N4O2. The van der Waals surface area contributed by atoms with Crippen LogP contribution in [0.2, 0.25) is 0 Å². The number of aromatic amines is 1. The molecule has 0 spiro atoms. The van der Waals surface area contributed by atoms with Crippen molar-refractivity contribution in [3.8, 4) is 5.75 Å². The van der Waals surface area contributed by atoms with Gasteiger partial charge in [0.25, 0.3) is 5.56 Å². The van der Waals surface area contributed by atoms with Crippen molar-refractivity contribution in [1.82, 2.24) is 15.2 Å². The summed E-state index contributed by atoms with van der Waals surface area (Å²) in [6.07, 6.45) is 0.413. The molecule has 0 amide bonds. The molecule has 128 valence electrons. The Morgan fingerprint density at radius 1 is 1.04 bits per heavy atom. The number of aromatic nitrogens is 3. The molecule has 1 aromatic heterocycles. The lowest BCUT2D eigenvalue weighted by molar-refractivity contribution is 0.414. The van der Waals surface area contributed by atoms with E-state index in [0.717, 1.165) is 28.1 Å². The summed E-state index contributed by atoms with van der Waals surface area (Å²) in [5.74, 6) is 1.10. The van der Waals surface area contributed by atoms with E-state index < -0.39 is 0 Å². The third-order valence-electron chi connectivity index (χ3n) is 3.78. The highest BCUT2D eigenvalue weighted by atomic mass is 16.5. The molecule has 0 saturated carbocycles. The quantitative estimate of drug-likeness (QED) is 0.748. The molecule has 2 aromatic carbocycles. The molecule has 1 heterocycles. The highest BCUT2D eigenvalue weighted by molar-refractivity contribution is 5.55. The Hall–Kier alpha value is -3.15. The lowest BCUT2D eigenvalue weighted by Gasteiger charge is -2.08. The molecule has 0 unspecified atom stereocenters. The minimum absolute atomic E-state index is 0.252. The van der Waals surface area contributed by atoms with E-state index >= 15 is 0 Å². The molecule has 6 nitrogen and oxygen atoms in total. The smallest absolute Gasteiger partial charge is 0.274 e. The average molecular weight is 336 g/mol. The first kappa shape index (κ1) is 16.7. The second kappa shape index (κ2) is 7.17. The van der Waals surface area contributed by atoms with Crippen molar-refractivity contribution in [2.75, 3.05) is 12.4 Å². The second-order valence-electron chi connectivity index (χ2n) is 5.98. The summed E-state index contributed by atoms with van der Waals surface area (Å²) in [6, 6.07) is 13.6. The molecule has 0 fully saturated rings. The van der Waals surface area contributed by atoms with Crippen molar-refractivity contribution in [2.45, 2.75) is 20.3 Å². The summed E-state index contributed by atoms with van der Waals surface area (Å²) < 4.78 is 5.13. The van der Waals surface area contributed by atoms with Crippen LogP contribution in [0.15, 0.2) is 47.3 Å². The highest BCUT2D eigenvalue weighted by Gasteiger charge is 2.07. The maximum absolute atomic E-state index is 12.3. The van der Waals surface area contributed by atoms with Gasteiger partial charge in [-0.1, -0.05) is 18.2 Å². The van der Waals surface area contributed by atoms with Gasteiger partial charge in [0.05, 0.1) is 7.11 Å². The van der Waals surface area contributed by atoms with E-state index in [9.17, 15) is 4.79 Å². The topological polar surface area (TPSA) is 79.9 Å². The van der Waals surface area contributed by atoms with Crippen LogP contribution in [0, 0.1) is 13.8 Å². The SMILES string of the molecule is COc1ccc(Cc2nnc(Nc3cc(C)cc(C)c3)[nH]c2=O)cc1. The number of benzene rings is 2. The molecule has 3 aromatic rings. The first-order valence-corrected chi connectivity index (χ1v) is 7.97. The Bertz CT molecular complexity index is 913. The van der Waals surface area contributed by atoms with Crippen LogP contribution in [0.5, 0.6) is 5.75 Å². The van der Waals surface area contributed by atoms with Gasteiger partial charge in [-0.25, -0.2) is 0 Å². The van der Waals surface area contributed by atoms with Gasteiger partial charge in [-0.05, 0) is 54.8 Å². The first-order chi connectivity index (χ1) is 12.0. The third kappa shape index (κ3) is 4.23. The summed E-state index contributed by atoms with van der Waals surface area (Å²) in [4.78, 5) is 15.0. The molecule has 0 aliphatic carbocycles. The van der Waals surface area contributed by atoms with Gasteiger partial charge in [0, 0.05) is 12.1 Å². The fourth-order valence-corrected chi connectivity index (χ4v) is 2.65. The van der Waals surface area contributed by atoms with Gasteiger partial charge in [-0.3, -0.25) is 9.78 Å². The molecule has 0 bridgehead atoms. The monoisotopic (exact) mass is 336 g/mol. The fourth-order valence-electron chi connectivity index (χ4n) is 2.65. The predicted molar refractivity (Wildman–Crippen MR) is 97.7 cm³/mol. The zero-order valence-corrected chi connectivity index (χ0v) is 14.5. The summed E-state index contributed by atoms with van der Waals surface area (Å²) in [7, 11) is 1.62. The van der Waals surface area contributed by atoms with Crippen LogP contribution in [0.4, 0.5) is 11.6 Å². The fraction of sp³-hybridized carbons (Fsp3) is 0.211. The van der Waals surface area contributed by atoms with E-state index in [1.165, 1.54) is 0 Å². The van der Waals surface area contributed by atoms with E-state index in [2.05, 4.69) is 26.6 Å². The number of nitrogens with zero attached hydrogens (tertiary/aromatic N) is 2. The zero-order valence-electron chi connectivity index (χ0n) is 14.5. The van der Waals surface area contributed by atoms with E-state index in [4.69, 9.17) is 4.74 Å². The first-order valence-electron chi connectivity index (χ1n) is 7.97. The number of methoxy groups -OCH3 is 1. The van der Waals surface area contributed by atoms with Gasteiger partial charge >= 0.3 is 0 Å². The largest absolute Gasteiger partial charge is 0.497 e. The van der Waals surface area contributed by atoms with Crippen molar-refractivity contribution in [3.63, 3.8) is 0 Å². The summed E-state index contributed by atoms with van der Waals surface area (Å²) >= 11 is 0. The molecule has 0 aliphatic heterocycles. The molecule has 0 aliphatic rings. The molecular weight excluding hydrogens is 316 g/mol. The summed E-state index contributed by atoms with van der Waals surface area (Å²) in [5.41, 5.74) is 4.22. The number of rotatable bonds is 5. The molecule has 3 rings (SSSR count). The van der Waals surface area contributed by atoms with Crippen LogP contribution in [0.1, 0.15) is 22.4 Å². The van der Waals surface area contributed by atoms with Crippen molar-refractivity contribution in [1.29, 1.82) is 0 Å². The Balaban J connectivity index is 1.77. The lowest BCUT2D eigenvalue weighted by atomic mass is 10.1. The highest BCUT2D eigenvalue weighted by Crippen LogP contribution is 2.16. The molecule has 6 heteroatoms. The van der Waals surface area contributed by atoms with Gasteiger partial charge in [0.2, 0.25) is 5.95 Å². The van der Waals surface area contributed by atoms with Gasteiger partial charge in [-0.2, -0.15) is 0 Å². The minimum atomic E-state index is -0.252. The number of aryl methyl sites for hydroxylation is 2. The van der Waals surface area contributed by atoms with Gasteiger partial charge in [0.1, 0.15) is 11.4 Å². The third-order valence-corrected chi connectivity index (χ3v) is 3.78. The lowest BCUT2D eigenvalue weighted by Crippen LogP contribution is -2.18. The number of ether oxygens (including phenoxy) is 1. The Kier molecular flexibility index (Phi) is 4.79. The number of nitrogens with one attached hydrogen (secondary N) is 2. The van der Waals surface area contributed by atoms with Crippen LogP contribution in [-0.4, -0.2) is 22.3 Å². The van der Waals surface area contributed by atoms with E-state index in [0.29, 0.717) is 18.1 Å². The van der Waals surface area contributed by atoms with E-state index in [1.807, 2.05) is 50.2 Å². The van der Waals surface area contributed by atoms with Gasteiger partial charge < -0.3 is 10.1 Å². The number of hydrogen-bond acceptors (Lipinski definition) is 5. The van der Waals surface area contributed by atoms with Crippen LogP contribution in [0.25, 0.3) is 0 Å². The summed E-state index contributed by atoms with van der Waals surface area (Å²) in [6.45, 7) is 4.04. The molecule has 0 atom stereocenters. The molecule has 25 heavy (non-hydrogen) atoms. The van der Waals surface area contributed by atoms with Gasteiger partial charge in [-0.15, -0.1) is 10.2 Å². The van der Waals surface area contributed by atoms with Gasteiger partial charge in [0.15, 0.2) is 0 Å². The summed E-state index contributed by atoms with van der Waals surface area (Å²) in [5, 5.41) is 11.2. The molecule has 0 saturated heterocycles. The van der Waals surface area contributed by atoms with Crippen LogP contribution in [0.3, 0.4) is 0 Å². The Morgan fingerprint density at radius 2 is 1.72 bits per heavy atom. The number of hydrogen-bond donors (Lipinski definition) is 2. The number of H-pyrrole nitrogens is 1. The standard InChI is InChI=1S/C19H20N4O2/c1-12-8-13(2)10-15(9-12)20-19-21-18(24)17(22-23-19)11-14-4-6-16(25-3)7-5-14/h4-10H,11H2,1-3H3,(H2,20,21,23,24). The zero-order chi connectivity index (χ0) is 17.8. The van der Waals surface area contributed by atoms with Crippen molar-refractivity contribution in [2.24, 2.45) is 0 Å². The van der Waals surface area contributed by atoms with Crippen LogP contribution >= 0.6 is 0 Å². The van der Waals surface area contributed by atoms with Crippen LogP contribution < -0.4 is 15.6 Å². The Morgan fingerprint density at radius 3 is 2.32 bits per heavy atom. The molecule has 2 N–H and O–H groups in total. The average Bonchev–Trinajstić information content (AvgIpc) is 2.57. The van der Waals surface area contributed by atoms with E-state index in [1.54, 1.807) is 7.11 Å². The normalized spacial score (nSPS) is 10.5. The molecule has 0 radical (unpaired) electrons. The van der Waals surface area contributed by atoms with Crippen LogP contribution in [-0.2, 0) is 6.42 Å². The van der Waals surface area contributed by atoms with Crippen molar-refractivity contribution < 1.29 is 4.74 Å².